The molecule has 1 heterocycles. The number of nitrogens with zero attached hydrogens (tertiary/aromatic N) is 1. The number of thiazole rings is 1. The average molecular weight is 320 g/mol. The molecule has 0 amide bonds. The molecular weight excluding hydrogens is 300 g/mol. The molecule has 0 aromatic carbocycles. The minimum atomic E-state index is -3.51. The average Bonchev–Trinajstić information content (AvgIpc) is 2.67. The maximum absolute atomic E-state index is 11.9. The summed E-state index contributed by atoms with van der Waals surface area (Å²) in [6, 6.07) is 0. The standard InChI is InChI=1S/C12H20N2O4S2/c1-8(7-12(15)18-4)20(16,17)13-6-5-11-9(2)14-10(3)19-11/h8,13H,5-7H2,1-4H3. The Hall–Kier alpha value is -0.990. The van der Waals surface area contributed by atoms with Gasteiger partial charge in [-0.05, 0) is 27.2 Å². The first-order valence-corrected chi connectivity index (χ1v) is 8.60. The Labute approximate surface area is 123 Å². The van der Waals surface area contributed by atoms with Crippen LogP contribution in [0.15, 0.2) is 0 Å². The number of carbonyl (C=O) groups excluding carboxylic acids is 1. The number of carbonyl (C=O) groups is 1. The number of ether oxygens (including phenoxy) is 1. The molecular formula is C12H20N2O4S2. The van der Waals surface area contributed by atoms with Gasteiger partial charge in [0.05, 0.1) is 29.5 Å². The van der Waals surface area contributed by atoms with Crippen molar-refractivity contribution < 1.29 is 17.9 Å². The molecule has 1 unspecified atom stereocenters. The molecule has 0 aliphatic rings. The van der Waals surface area contributed by atoms with E-state index in [1.807, 2.05) is 13.8 Å². The number of esters is 1. The first-order chi connectivity index (χ1) is 9.26. The summed E-state index contributed by atoms with van der Waals surface area (Å²) in [7, 11) is -2.27. The number of aromatic nitrogens is 1. The Kier molecular flexibility index (Phi) is 6.09. The van der Waals surface area contributed by atoms with Crippen LogP contribution in [0.1, 0.15) is 28.9 Å². The Morgan fingerprint density at radius 1 is 1.45 bits per heavy atom. The van der Waals surface area contributed by atoms with E-state index in [0.717, 1.165) is 15.6 Å². The SMILES string of the molecule is COC(=O)CC(C)S(=O)(=O)NCCc1sc(C)nc1C. The van der Waals surface area contributed by atoms with E-state index in [9.17, 15) is 13.2 Å². The summed E-state index contributed by atoms with van der Waals surface area (Å²) in [6.45, 7) is 5.62. The van der Waals surface area contributed by atoms with E-state index in [0.29, 0.717) is 13.0 Å². The molecule has 0 aliphatic carbocycles. The van der Waals surface area contributed by atoms with Crippen molar-refractivity contribution in [2.24, 2.45) is 0 Å². The van der Waals surface area contributed by atoms with Gasteiger partial charge in [-0.25, -0.2) is 18.1 Å². The predicted octanol–water partition coefficient (Wildman–Crippen LogP) is 1.17. The van der Waals surface area contributed by atoms with Gasteiger partial charge in [0.2, 0.25) is 10.0 Å². The number of sulfonamides is 1. The topological polar surface area (TPSA) is 85.4 Å². The van der Waals surface area contributed by atoms with E-state index in [1.165, 1.54) is 14.0 Å². The highest BCUT2D eigenvalue weighted by molar-refractivity contribution is 7.90. The zero-order chi connectivity index (χ0) is 15.3. The van der Waals surface area contributed by atoms with Crippen LogP contribution in [0.5, 0.6) is 0 Å². The van der Waals surface area contributed by atoms with Crippen molar-refractivity contribution in [1.82, 2.24) is 9.71 Å². The lowest BCUT2D eigenvalue weighted by molar-refractivity contribution is -0.140. The summed E-state index contributed by atoms with van der Waals surface area (Å²) < 4.78 is 30.8. The molecule has 0 radical (unpaired) electrons. The number of hydrogen-bond donors (Lipinski definition) is 1. The summed E-state index contributed by atoms with van der Waals surface area (Å²) in [5.74, 6) is -0.531. The summed E-state index contributed by atoms with van der Waals surface area (Å²) in [5.41, 5.74) is 0.939. The first-order valence-electron chi connectivity index (χ1n) is 6.24. The van der Waals surface area contributed by atoms with E-state index < -0.39 is 21.2 Å². The van der Waals surface area contributed by atoms with E-state index in [1.54, 1.807) is 11.3 Å². The van der Waals surface area contributed by atoms with Crippen LogP contribution >= 0.6 is 11.3 Å². The minimum Gasteiger partial charge on any atom is -0.469 e. The fourth-order valence-electron chi connectivity index (χ4n) is 1.68. The molecule has 0 fully saturated rings. The van der Waals surface area contributed by atoms with Gasteiger partial charge in [-0.3, -0.25) is 4.79 Å². The number of nitrogens with one attached hydrogen (secondary N) is 1. The van der Waals surface area contributed by atoms with Gasteiger partial charge in [-0.2, -0.15) is 0 Å². The van der Waals surface area contributed by atoms with Crippen LogP contribution in [0, 0.1) is 13.8 Å². The summed E-state index contributed by atoms with van der Waals surface area (Å²) in [5, 5.41) is 0.165. The second-order valence-corrected chi connectivity index (χ2v) is 7.99. The lowest BCUT2D eigenvalue weighted by Gasteiger charge is -2.12. The Morgan fingerprint density at radius 2 is 2.10 bits per heavy atom. The Balaban J connectivity index is 2.51. The lowest BCUT2D eigenvalue weighted by atomic mass is 10.3. The van der Waals surface area contributed by atoms with Crippen LogP contribution in [-0.4, -0.2) is 38.3 Å². The number of aryl methyl sites for hydroxylation is 2. The van der Waals surface area contributed by atoms with Crippen molar-refractivity contribution in [3.8, 4) is 0 Å². The molecule has 6 nitrogen and oxygen atoms in total. The normalized spacial score (nSPS) is 13.2. The van der Waals surface area contributed by atoms with Gasteiger partial charge < -0.3 is 4.74 Å². The zero-order valence-corrected chi connectivity index (χ0v) is 13.7. The zero-order valence-electron chi connectivity index (χ0n) is 12.1. The van der Waals surface area contributed by atoms with Crippen molar-refractivity contribution >= 4 is 27.3 Å². The molecule has 1 rings (SSSR count). The lowest BCUT2D eigenvalue weighted by Crippen LogP contribution is -2.35. The molecule has 1 N–H and O–H groups in total. The molecule has 20 heavy (non-hydrogen) atoms. The van der Waals surface area contributed by atoms with Gasteiger partial charge in [0.15, 0.2) is 0 Å². The maximum atomic E-state index is 11.9. The molecule has 0 bridgehead atoms. The summed E-state index contributed by atoms with van der Waals surface area (Å²) >= 11 is 1.57. The van der Waals surface area contributed by atoms with E-state index >= 15 is 0 Å². The van der Waals surface area contributed by atoms with Crippen molar-refractivity contribution in [2.45, 2.75) is 38.9 Å². The molecule has 1 atom stereocenters. The van der Waals surface area contributed by atoms with Crippen molar-refractivity contribution in [3.05, 3.63) is 15.6 Å². The third-order valence-corrected chi connectivity index (χ3v) is 5.83. The third-order valence-electron chi connectivity index (χ3n) is 2.87. The number of hydrogen-bond acceptors (Lipinski definition) is 6. The second kappa shape index (κ2) is 7.14. The molecule has 0 spiro atoms. The van der Waals surface area contributed by atoms with Crippen molar-refractivity contribution in [1.29, 1.82) is 0 Å². The monoisotopic (exact) mass is 320 g/mol. The second-order valence-electron chi connectivity index (χ2n) is 4.52. The van der Waals surface area contributed by atoms with Gasteiger partial charge >= 0.3 is 5.97 Å². The predicted molar refractivity (Wildman–Crippen MR) is 78.3 cm³/mol. The van der Waals surface area contributed by atoms with Crippen LogP contribution in [0.3, 0.4) is 0 Å². The van der Waals surface area contributed by atoms with Gasteiger partial charge in [-0.1, -0.05) is 0 Å². The Bertz CT molecular complexity index is 566. The summed E-state index contributed by atoms with van der Waals surface area (Å²) in [6.07, 6.45) is 0.450. The number of methoxy groups -OCH3 is 1. The van der Waals surface area contributed by atoms with Crippen LogP contribution < -0.4 is 4.72 Å². The van der Waals surface area contributed by atoms with Gasteiger partial charge in [0.1, 0.15) is 0 Å². The molecule has 0 saturated heterocycles. The summed E-state index contributed by atoms with van der Waals surface area (Å²) in [4.78, 5) is 16.5. The van der Waals surface area contributed by atoms with E-state index in [-0.39, 0.29) is 6.42 Å². The first kappa shape index (κ1) is 17.1. The molecule has 0 saturated carbocycles. The van der Waals surface area contributed by atoms with E-state index in [2.05, 4.69) is 14.4 Å². The fourth-order valence-corrected chi connectivity index (χ4v) is 3.65. The highest BCUT2D eigenvalue weighted by Crippen LogP contribution is 2.17. The molecule has 114 valence electrons. The minimum absolute atomic E-state index is 0.148. The highest BCUT2D eigenvalue weighted by Gasteiger charge is 2.23. The molecule has 0 aliphatic heterocycles. The van der Waals surface area contributed by atoms with Crippen molar-refractivity contribution in [3.63, 3.8) is 0 Å². The highest BCUT2D eigenvalue weighted by atomic mass is 32.2. The van der Waals surface area contributed by atoms with Crippen LogP contribution in [0.4, 0.5) is 0 Å². The smallest absolute Gasteiger partial charge is 0.306 e. The van der Waals surface area contributed by atoms with Crippen molar-refractivity contribution in [2.75, 3.05) is 13.7 Å². The number of rotatable bonds is 7. The molecule has 1 aromatic heterocycles. The van der Waals surface area contributed by atoms with Gasteiger partial charge in [-0.15, -0.1) is 11.3 Å². The Morgan fingerprint density at radius 3 is 2.60 bits per heavy atom. The van der Waals surface area contributed by atoms with E-state index in [4.69, 9.17) is 0 Å². The molecule has 8 heteroatoms. The van der Waals surface area contributed by atoms with Crippen LogP contribution in [-0.2, 0) is 26.0 Å². The molecule has 1 aromatic rings. The maximum Gasteiger partial charge on any atom is 0.306 e. The quantitative estimate of drug-likeness (QED) is 0.762. The van der Waals surface area contributed by atoms with Gasteiger partial charge in [0, 0.05) is 11.4 Å². The third kappa shape index (κ3) is 4.84. The van der Waals surface area contributed by atoms with Crippen LogP contribution in [0.25, 0.3) is 0 Å². The van der Waals surface area contributed by atoms with Gasteiger partial charge in [0.25, 0.3) is 0 Å². The fraction of sp³-hybridized carbons (Fsp3) is 0.667. The largest absolute Gasteiger partial charge is 0.469 e. The van der Waals surface area contributed by atoms with Crippen LogP contribution in [0.2, 0.25) is 0 Å².